The first-order chi connectivity index (χ1) is 9.81. The number of carboxylic acids is 1. The molecule has 0 radical (unpaired) electrons. The molecule has 1 saturated carbocycles. The van der Waals surface area contributed by atoms with Crippen molar-refractivity contribution in [3.8, 4) is 0 Å². The fourth-order valence-electron chi connectivity index (χ4n) is 2.61. The Morgan fingerprint density at radius 1 is 1.19 bits per heavy atom. The number of nitrogens with two attached hydrogens (primary N) is 1. The maximum atomic E-state index is 11.8. The number of urea groups is 1. The summed E-state index contributed by atoms with van der Waals surface area (Å²) in [5.74, 6) is -1.32. The summed E-state index contributed by atoms with van der Waals surface area (Å²) < 4.78 is 0. The molecule has 5 N–H and O–H groups in total. The standard InChI is InChI=1S/C14H25N3O4/c1-8(2)11(12(15)18)17-14(21)16-7-9-3-5-10(6-4-9)13(19)20/h8-11H,3-7H2,1-2H3,(H2,15,18)(H,19,20)(H2,16,17,21). The van der Waals surface area contributed by atoms with E-state index in [2.05, 4.69) is 10.6 Å². The smallest absolute Gasteiger partial charge is 0.315 e. The van der Waals surface area contributed by atoms with Gasteiger partial charge in [0.2, 0.25) is 5.91 Å². The molecule has 1 aliphatic carbocycles. The van der Waals surface area contributed by atoms with Gasteiger partial charge in [0, 0.05) is 6.54 Å². The van der Waals surface area contributed by atoms with Gasteiger partial charge in [-0.2, -0.15) is 0 Å². The van der Waals surface area contributed by atoms with Crippen molar-refractivity contribution in [2.45, 2.75) is 45.6 Å². The van der Waals surface area contributed by atoms with Gasteiger partial charge in [-0.25, -0.2) is 4.79 Å². The van der Waals surface area contributed by atoms with Crippen molar-refractivity contribution in [1.29, 1.82) is 0 Å². The number of carbonyl (C=O) groups excluding carboxylic acids is 2. The van der Waals surface area contributed by atoms with E-state index in [1.165, 1.54) is 0 Å². The van der Waals surface area contributed by atoms with E-state index in [9.17, 15) is 14.4 Å². The molecule has 0 aliphatic heterocycles. The zero-order valence-electron chi connectivity index (χ0n) is 12.6. The van der Waals surface area contributed by atoms with Gasteiger partial charge in [0.05, 0.1) is 5.92 Å². The predicted octanol–water partition coefficient (Wildman–Crippen LogP) is 0.687. The molecule has 0 saturated heterocycles. The number of carbonyl (C=O) groups is 3. The third-order valence-electron chi connectivity index (χ3n) is 4.01. The van der Waals surface area contributed by atoms with Gasteiger partial charge in [-0.3, -0.25) is 9.59 Å². The van der Waals surface area contributed by atoms with Crippen LogP contribution in [0.4, 0.5) is 4.79 Å². The molecule has 0 aromatic carbocycles. The normalized spacial score (nSPS) is 23.4. The van der Waals surface area contributed by atoms with Crippen LogP contribution in [0, 0.1) is 17.8 Å². The highest BCUT2D eigenvalue weighted by molar-refractivity contribution is 5.86. The van der Waals surface area contributed by atoms with Gasteiger partial charge >= 0.3 is 12.0 Å². The molecule has 7 heteroatoms. The van der Waals surface area contributed by atoms with Gasteiger partial charge in [0.25, 0.3) is 0 Å². The van der Waals surface area contributed by atoms with E-state index in [1.54, 1.807) is 0 Å². The lowest BCUT2D eigenvalue weighted by atomic mass is 9.82. The van der Waals surface area contributed by atoms with Crippen LogP contribution in [-0.2, 0) is 9.59 Å². The Morgan fingerprint density at radius 3 is 2.19 bits per heavy atom. The molecule has 7 nitrogen and oxygen atoms in total. The molecule has 0 aromatic rings. The maximum Gasteiger partial charge on any atom is 0.315 e. The second-order valence-corrected chi connectivity index (χ2v) is 6.03. The molecule has 0 aromatic heterocycles. The second kappa shape index (κ2) is 7.85. The molecule has 1 unspecified atom stereocenters. The number of nitrogens with one attached hydrogen (secondary N) is 2. The van der Waals surface area contributed by atoms with E-state index in [-0.39, 0.29) is 17.8 Å². The van der Waals surface area contributed by atoms with Gasteiger partial charge in [-0.15, -0.1) is 0 Å². The summed E-state index contributed by atoms with van der Waals surface area (Å²) in [7, 11) is 0. The van der Waals surface area contributed by atoms with Gasteiger partial charge in [-0.05, 0) is 37.5 Å². The van der Waals surface area contributed by atoms with Crippen molar-refractivity contribution in [1.82, 2.24) is 10.6 Å². The van der Waals surface area contributed by atoms with E-state index < -0.39 is 23.9 Å². The van der Waals surface area contributed by atoms with Crippen molar-refractivity contribution < 1.29 is 19.5 Å². The van der Waals surface area contributed by atoms with Crippen LogP contribution in [0.25, 0.3) is 0 Å². The van der Waals surface area contributed by atoms with Crippen LogP contribution in [0.3, 0.4) is 0 Å². The first kappa shape index (κ1) is 17.3. The van der Waals surface area contributed by atoms with Crippen molar-refractivity contribution in [3.05, 3.63) is 0 Å². The van der Waals surface area contributed by atoms with E-state index in [4.69, 9.17) is 10.8 Å². The highest BCUT2D eigenvalue weighted by atomic mass is 16.4. The van der Waals surface area contributed by atoms with Crippen LogP contribution in [0.2, 0.25) is 0 Å². The van der Waals surface area contributed by atoms with E-state index >= 15 is 0 Å². The highest BCUT2D eigenvalue weighted by Gasteiger charge is 2.26. The fraction of sp³-hybridized carbons (Fsp3) is 0.786. The first-order valence-corrected chi connectivity index (χ1v) is 7.37. The lowest BCUT2D eigenvalue weighted by Gasteiger charge is -2.26. The molecule has 1 aliphatic rings. The largest absolute Gasteiger partial charge is 0.481 e. The van der Waals surface area contributed by atoms with Gasteiger partial charge in [-0.1, -0.05) is 13.8 Å². The lowest BCUT2D eigenvalue weighted by molar-refractivity contribution is -0.143. The zero-order valence-corrected chi connectivity index (χ0v) is 12.6. The predicted molar refractivity (Wildman–Crippen MR) is 77.4 cm³/mol. The number of hydrogen-bond acceptors (Lipinski definition) is 3. The monoisotopic (exact) mass is 299 g/mol. The molecule has 0 spiro atoms. The maximum absolute atomic E-state index is 11.8. The minimum absolute atomic E-state index is 0.0701. The summed E-state index contributed by atoms with van der Waals surface area (Å²) in [6.07, 6.45) is 2.89. The van der Waals surface area contributed by atoms with Crippen molar-refractivity contribution >= 4 is 17.9 Å². The van der Waals surface area contributed by atoms with E-state index in [0.717, 1.165) is 12.8 Å². The number of primary amides is 1. The Kier molecular flexibility index (Phi) is 6.45. The molecule has 0 heterocycles. The average Bonchev–Trinajstić information content (AvgIpc) is 2.42. The molecular weight excluding hydrogens is 274 g/mol. The Morgan fingerprint density at radius 2 is 1.76 bits per heavy atom. The quantitative estimate of drug-likeness (QED) is 0.576. The Bertz CT molecular complexity index is 390. The minimum atomic E-state index is -0.736. The van der Waals surface area contributed by atoms with Crippen molar-refractivity contribution in [3.63, 3.8) is 0 Å². The van der Waals surface area contributed by atoms with Crippen LogP contribution < -0.4 is 16.4 Å². The van der Waals surface area contributed by atoms with Crippen LogP contribution in [0.5, 0.6) is 0 Å². The second-order valence-electron chi connectivity index (χ2n) is 6.03. The minimum Gasteiger partial charge on any atom is -0.481 e. The van der Waals surface area contributed by atoms with E-state index in [0.29, 0.717) is 19.4 Å². The average molecular weight is 299 g/mol. The Balaban J connectivity index is 2.31. The van der Waals surface area contributed by atoms with Gasteiger partial charge in [0.15, 0.2) is 0 Å². The molecule has 3 amide bonds. The lowest BCUT2D eigenvalue weighted by Crippen LogP contribution is -2.51. The fourth-order valence-corrected chi connectivity index (χ4v) is 2.61. The zero-order chi connectivity index (χ0) is 16.0. The van der Waals surface area contributed by atoms with Gasteiger partial charge in [0.1, 0.15) is 6.04 Å². The third kappa shape index (κ3) is 5.61. The highest BCUT2D eigenvalue weighted by Crippen LogP contribution is 2.28. The van der Waals surface area contributed by atoms with Crippen LogP contribution in [0.1, 0.15) is 39.5 Å². The van der Waals surface area contributed by atoms with Crippen LogP contribution in [-0.4, -0.2) is 35.6 Å². The van der Waals surface area contributed by atoms with E-state index in [1.807, 2.05) is 13.8 Å². The third-order valence-corrected chi connectivity index (χ3v) is 4.01. The summed E-state index contributed by atoms with van der Waals surface area (Å²) >= 11 is 0. The molecular formula is C14H25N3O4. The Labute approximate surface area is 124 Å². The summed E-state index contributed by atoms with van der Waals surface area (Å²) in [5.41, 5.74) is 5.23. The number of carboxylic acid groups (broad SMARTS) is 1. The van der Waals surface area contributed by atoms with Crippen molar-refractivity contribution in [2.24, 2.45) is 23.5 Å². The topological polar surface area (TPSA) is 122 Å². The molecule has 21 heavy (non-hydrogen) atoms. The summed E-state index contributed by atoms with van der Waals surface area (Å²) in [6, 6.07) is -1.10. The number of aliphatic carboxylic acids is 1. The molecule has 0 bridgehead atoms. The molecule has 1 rings (SSSR count). The molecule has 1 atom stereocenters. The SMILES string of the molecule is CC(C)C(NC(=O)NCC1CCC(C(=O)O)CC1)C(N)=O. The number of amides is 3. The number of rotatable bonds is 6. The van der Waals surface area contributed by atoms with Gasteiger partial charge < -0.3 is 21.5 Å². The summed E-state index contributed by atoms with van der Waals surface area (Å²) in [5, 5.41) is 14.2. The molecule has 120 valence electrons. The first-order valence-electron chi connectivity index (χ1n) is 7.37. The van der Waals surface area contributed by atoms with Crippen molar-refractivity contribution in [2.75, 3.05) is 6.54 Å². The summed E-state index contributed by atoms with van der Waals surface area (Å²) in [4.78, 5) is 33.8. The Hall–Kier alpha value is -1.79. The van der Waals surface area contributed by atoms with Crippen LogP contribution in [0.15, 0.2) is 0 Å². The van der Waals surface area contributed by atoms with Crippen LogP contribution >= 0.6 is 0 Å². The summed E-state index contributed by atoms with van der Waals surface area (Å²) in [6.45, 7) is 4.10. The number of hydrogen-bond donors (Lipinski definition) is 4. The molecule has 1 fully saturated rings.